The Bertz CT molecular complexity index is 1160. The summed E-state index contributed by atoms with van der Waals surface area (Å²) >= 11 is 0. The van der Waals surface area contributed by atoms with Crippen molar-refractivity contribution >= 4 is 40.8 Å². The van der Waals surface area contributed by atoms with Crippen LogP contribution in [-0.2, 0) is 19.1 Å². The maximum absolute atomic E-state index is 12.9. The van der Waals surface area contributed by atoms with Crippen LogP contribution in [0.15, 0.2) is 48.5 Å². The summed E-state index contributed by atoms with van der Waals surface area (Å²) in [7, 11) is 0. The normalized spacial score (nSPS) is 24.8. The number of benzene rings is 2. The number of carbonyl (C=O) groups excluding carboxylic acids is 5. The number of fused-ring (bicyclic) bond motifs is 5. The van der Waals surface area contributed by atoms with Crippen molar-refractivity contribution < 1.29 is 28.7 Å². The van der Waals surface area contributed by atoms with Crippen LogP contribution in [0.4, 0.5) is 11.4 Å². The van der Waals surface area contributed by atoms with Gasteiger partial charge in [-0.1, -0.05) is 0 Å². The molecule has 2 aromatic rings. The number of ether oxygens (including phenoxy) is 1. The van der Waals surface area contributed by atoms with Crippen LogP contribution < -0.4 is 10.2 Å². The summed E-state index contributed by atoms with van der Waals surface area (Å²) in [6.45, 7) is 0.971. The molecule has 1 N–H and O–H groups in total. The zero-order valence-electron chi connectivity index (χ0n) is 18.7. The minimum Gasteiger partial charge on any atom is -0.452 e. The molecule has 8 nitrogen and oxygen atoms in total. The van der Waals surface area contributed by atoms with Gasteiger partial charge in [-0.25, -0.2) is 4.79 Å². The van der Waals surface area contributed by atoms with Gasteiger partial charge in [0, 0.05) is 11.3 Å². The quantitative estimate of drug-likeness (QED) is 0.403. The van der Waals surface area contributed by atoms with Crippen molar-refractivity contribution in [1.82, 2.24) is 0 Å². The van der Waals surface area contributed by atoms with E-state index in [0.717, 1.165) is 19.3 Å². The lowest BCUT2D eigenvalue weighted by Crippen LogP contribution is -2.32. The third kappa shape index (κ3) is 3.79. The van der Waals surface area contributed by atoms with Gasteiger partial charge in [0.05, 0.1) is 23.1 Å². The lowest BCUT2D eigenvalue weighted by Gasteiger charge is -2.19. The molecule has 3 fully saturated rings. The highest BCUT2D eigenvalue weighted by Crippen LogP contribution is 2.56. The summed E-state index contributed by atoms with van der Waals surface area (Å²) in [5.74, 6) is -1.34. The molecular formula is C26H24N2O6. The molecule has 3 aliphatic rings. The van der Waals surface area contributed by atoms with E-state index in [9.17, 15) is 24.0 Å². The first-order valence-electron chi connectivity index (χ1n) is 11.4. The van der Waals surface area contributed by atoms with Crippen molar-refractivity contribution in [3.05, 3.63) is 59.7 Å². The highest BCUT2D eigenvalue weighted by molar-refractivity contribution is 6.22. The Morgan fingerprint density at radius 1 is 0.882 bits per heavy atom. The minimum absolute atomic E-state index is 0.0775. The summed E-state index contributed by atoms with van der Waals surface area (Å²) in [5.41, 5.74) is 1.67. The average molecular weight is 460 g/mol. The third-order valence-corrected chi connectivity index (χ3v) is 7.20. The van der Waals surface area contributed by atoms with Crippen LogP contribution >= 0.6 is 0 Å². The van der Waals surface area contributed by atoms with E-state index in [4.69, 9.17) is 4.74 Å². The third-order valence-electron chi connectivity index (χ3n) is 7.20. The Labute approximate surface area is 196 Å². The predicted octanol–water partition coefficient (Wildman–Crippen LogP) is 3.22. The van der Waals surface area contributed by atoms with Crippen molar-refractivity contribution in [1.29, 1.82) is 0 Å². The van der Waals surface area contributed by atoms with Crippen molar-refractivity contribution in [3.63, 3.8) is 0 Å². The summed E-state index contributed by atoms with van der Waals surface area (Å²) in [5, 5.41) is 2.59. The Hall–Kier alpha value is -3.81. The Balaban J connectivity index is 1.17. The molecule has 174 valence electrons. The largest absolute Gasteiger partial charge is 0.452 e. The molecule has 2 aliphatic carbocycles. The predicted molar refractivity (Wildman–Crippen MR) is 122 cm³/mol. The van der Waals surface area contributed by atoms with Crippen molar-refractivity contribution in [2.24, 2.45) is 23.7 Å². The van der Waals surface area contributed by atoms with Gasteiger partial charge in [0.1, 0.15) is 0 Å². The molecule has 0 spiro atoms. The Kier molecular flexibility index (Phi) is 5.51. The minimum atomic E-state index is -0.692. The van der Waals surface area contributed by atoms with Crippen molar-refractivity contribution in [2.75, 3.05) is 16.8 Å². The lowest BCUT2D eigenvalue weighted by molar-refractivity contribution is -0.123. The summed E-state index contributed by atoms with van der Waals surface area (Å²) in [6, 6.07) is 12.5. The molecule has 2 saturated carbocycles. The number of imide groups is 1. The first-order valence-corrected chi connectivity index (χ1v) is 11.4. The second-order valence-corrected chi connectivity index (χ2v) is 9.20. The van der Waals surface area contributed by atoms with Crippen LogP contribution in [-0.4, -0.2) is 36.1 Å². The molecule has 0 radical (unpaired) electrons. The average Bonchev–Trinajstić information content (AvgIpc) is 3.51. The standard InChI is InChI=1S/C26H24N2O6/c1-14(29)15-4-8-19(9-5-15)27-21(30)13-34-26(33)16-6-10-20(11-7-16)28-24(31)22-17-2-3-18(12-17)23(22)25(28)32/h4-11,17-18,22-23H,2-3,12-13H2,1H3,(H,27,30)/t17-,18-,22+,23+/m0/s1. The maximum Gasteiger partial charge on any atom is 0.338 e. The monoisotopic (exact) mass is 460 g/mol. The molecule has 1 saturated heterocycles. The van der Waals surface area contributed by atoms with E-state index in [1.165, 1.54) is 24.0 Å². The summed E-state index contributed by atoms with van der Waals surface area (Å²) < 4.78 is 5.08. The number of carbonyl (C=O) groups is 5. The van der Waals surface area contributed by atoms with E-state index in [0.29, 0.717) is 28.8 Å². The van der Waals surface area contributed by atoms with E-state index in [1.807, 2.05) is 0 Å². The van der Waals surface area contributed by atoms with Crippen LogP contribution in [0, 0.1) is 23.7 Å². The second kappa shape index (κ2) is 8.52. The lowest BCUT2D eigenvalue weighted by atomic mass is 9.81. The van der Waals surface area contributed by atoms with Gasteiger partial charge in [-0.15, -0.1) is 0 Å². The molecule has 2 aromatic carbocycles. The van der Waals surface area contributed by atoms with Gasteiger partial charge < -0.3 is 10.1 Å². The first-order chi connectivity index (χ1) is 16.3. The maximum atomic E-state index is 12.9. The number of nitrogens with one attached hydrogen (secondary N) is 1. The van der Waals surface area contributed by atoms with Crippen molar-refractivity contribution in [3.8, 4) is 0 Å². The summed E-state index contributed by atoms with van der Waals surface area (Å²) in [6.07, 6.45) is 3.00. The van der Waals surface area contributed by atoms with E-state index in [1.54, 1.807) is 36.4 Å². The van der Waals surface area contributed by atoms with Gasteiger partial charge >= 0.3 is 5.97 Å². The summed E-state index contributed by atoms with van der Waals surface area (Å²) in [4.78, 5) is 62.9. The topological polar surface area (TPSA) is 110 Å². The molecule has 2 bridgehead atoms. The van der Waals surface area contributed by atoms with Crippen LogP contribution in [0.2, 0.25) is 0 Å². The number of rotatable bonds is 6. The molecule has 4 atom stereocenters. The molecule has 1 heterocycles. The highest BCUT2D eigenvalue weighted by Gasteiger charge is 2.61. The molecule has 0 unspecified atom stereocenters. The number of nitrogens with zero attached hydrogens (tertiary/aromatic N) is 1. The molecule has 8 heteroatoms. The van der Waals surface area contributed by atoms with Crippen LogP contribution in [0.5, 0.6) is 0 Å². The molecule has 3 amide bonds. The van der Waals surface area contributed by atoms with Gasteiger partial charge in [0.25, 0.3) is 5.91 Å². The van der Waals surface area contributed by atoms with Gasteiger partial charge in [-0.05, 0) is 86.6 Å². The zero-order chi connectivity index (χ0) is 24.0. The first kappa shape index (κ1) is 22.0. The number of ketones is 1. The number of hydrogen-bond acceptors (Lipinski definition) is 6. The van der Waals surface area contributed by atoms with E-state index in [2.05, 4.69) is 5.32 Å². The number of anilines is 2. The Morgan fingerprint density at radius 3 is 2.00 bits per heavy atom. The number of esters is 1. The van der Waals surface area contributed by atoms with Crippen LogP contribution in [0.25, 0.3) is 0 Å². The fourth-order valence-electron chi connectivity index (χ4n) is 5.61. The van der Waals surface area contributed by atoms with E-state index < -0.39 is 18.5 Å². The fourth-order valence-corrected chi connectivity index (χ4v) is 5.61. The zero-order valence-corrected chi connectivity index (χ0v) is 18.7. The van der Waals surface area contributed by atoms with Crippen LogP contribution in [0.1, 0.15) is 46.9 Å². The number of hydrogen-bond donors (Lipinski definition) is 1. The smallest absolute Gasteiger partial charge is 0.338 e. The highest BCUT2D eigenvalue weighted by atomic mass is 16.5. The molecule has 34 heavy (non-hydrogen) atoms. The SMILES string of the molecule is CC(=O)c1ccc(NC(=O)COC(=O)c2ccc(N3C(=O)[C@@H]4[C@H]5CC[C@@H](C5)[C@H]4C3=O)cc2)cc1. The molecule has 0 aromatic heterocycles. The van der Waals surface area contributed by atoms with Crippen LogP contribution in [0.3, 0.4) is 0 Å². The molecule has 1 aliphatic heterocycles. The number of Topliss-reactive ketones (excluding diaryl/α,β-unsaturated/α-hetero) is 1. The van der Waals surface area contributed by atoms with Gasteiger partial charge in [-0.2, -0.15) is 0 Å². The fraction of sp³-hybridized carbons (Fsp3) is 0.346. The Morgan fingerprint density at radius 2 is 1.44 bits per heavy atom. The number of amides is 3. The van der Waals surface area contributed by atoms with Gasteiger partial charge in [0.15, 0.2) is 12.4 Å². The van der Waals surface area contributed by atoms with Gasteiger partial charge in [-0.3, -0.25) is 24.1 Å². The van der Waals surface area contributed by atoms with Gasteiger partial charge in [0.2, 0.25) is 11.8 Å². The molecule has 5 rings (SSSR count). The van der Waals surface area contributed by atoms with E-state index >= 15 is 0 Å². The second-order valence-electron chi connectivity index (χ2n) is 9.20. The molecular weight excluding hydrogens is 436 g/mol. The van der Waals surface area contributed by atoms with E-state index in [-0.39, 0.29) is 35.0 Å². The van der Waals surface area contributed by atoms with Crippen molar-refractivity contribution in [2.45, 2.75) is 26.2 Å².